The first-order valence-corrected chi connectivity index (χ1v) is 11.6. The van der Waals surface area contributed by atoms with Gasteiger partial charge in [0.2, 0.25) is 0 Å². The van der Waals surface area contributed by atoms with Gasteiger partial charge in [0.1, 0.15) is 30.3 Å². The number of carboxylic acids is 1. The Labute approximate surface area is 203 Å². The van der Waals surface area contributed by atoms with E-state index in [2.05, 4.69) is 0 Å². The third-order valence-electron chi connectivity index (χ3n) is 6.46. The van der Waals surface area contributed by atoms with Crippen LogP contribution in [-0.4, -0.2) is 27.6 Å². The summed E-state index contributed by atoms with van der Waals surface area (Å²) in [6.07, 6.45) is 0.937. The fourth-order valence-electron chi connectivity index (χ4n) is 4.44. The molecule has 1 saturated heterocycles. The fraction of sp³-hybridized carbons (Fsp3) is 0.286. The molecule has 1 aliphatic rings. The van der Waals surface area contributed by atoms with Crippen LogP contribution >= 0.6 is 0 Å². The second-order valence-corrected chi connectivity index (χ2v) is 8.85. The molecule has 0 saturated carbocycles. The first-order chi connectivity index (χ1) is 16.9. The van der Waals surface area contributed by atoms with Gasteiger partial charge in [0.25, 0.3) is 0 Å². The summed E-state index contributed by atoms with van der Waals surface area (Å²) in [6.45, 7) is 1.71. The van der Waals surface area contributed by atoms with E-state index < -0.39 is 23.6 Å². The van der Waals surface area contributed by atoms with Gasteiger partial charge in [0, 0.05) is 5.56 Å². The quantitative estimate of drug-likeness (QED) is 0.444. The molecule has 0 aliphatic carbocycles. The molecule has 0 aromatic heterocycles. The van der Waals surface area contributed by atoms with Gasteiger partial charge in [-0.3, -0.25) is 4.90 Å². The number of rotatable bonds is 7. The lowest BCUT2D eigenvalue weighted by atomic mass is 9.82. The van der Waals surface area contributed by atoms with Crippen LogP contribution in [0.2, 0.25) is 0 Å². The van der Waals surface area contributed by atoms with Gasteiger partial charge < -0.3 is 14.6 Å². The molecule has 0 bridgehead atoms. The number of piperidine rings is 1. The van der Waals surface area contributed by atoms with Gasteiger partial charge in [-0.15, -0.1) is 0 Å². The SMILES string of the molecule is C[C@@]1(C(=O)O)CCC[C@H](c2ccc(OCc3ccccc3F)cc2)N1C(=O)OCc1ccccc1. The topological polar surface area (TPSA) is 76.1 Å². The zero-order chi connectivity index (χ0) is 24.8. The van der Waals surface area contributed by atoms with Crippen LogP contribution in [0.4, 0.5) is 9.18 Å². The molecule has 0 spiro atoms. The van der Waals surface area contributed by atoms with Crippen LogP contribution in [0.5, 0.6) is 5.75 Å². The normalized spacial score (nSPS) is 19.7. The summed E-state index contributed by atoms with van der Waals surface area (Å²) in [4.78, 5) is 26.8. The van der Waals surface area contributed by atoms with Crippen molar-refractivity contribution in [2.45, 2.75) is 51.0 Å². The standard InChI is InChI=1S/C28H28FNO5/c1-28(26(31)32)17-7-12-25(30(28)27(33)35-18-20-8-3-2-4-9-20)21-13-15-23(16-14-21)34-19-22-10-5-6-11-24(22)29/h2-6,8-11,13-16,25H,7,12,17-19H2,1H3,(H,31,32)/t25-,28+/m1/s1. The van der Waals surface area contributed by atoms with Gasteiger partial charge in [-0.1, -0.05) is 60.7 Å². The van der Waals surface area contributed by atoms with Crippen molar-refractivity contribution in [3.63, 3.8) is 0 Å². The highest BCUT2D eigenvalue weighted by molar-refractivity contribution is 5.84. The molecule has 3 aromatic rings. The van der Waals surface area contributed by atoms with E-state index in [1.807, 2.05) is 42.5 Å². The number of halogens is 1. The number of carbonyl (C=O) groups is 2. The zero-order valence-corrected chi connectivity index (χ0v) is 19.5. The van der Waals surface area contributed by atoms with Crippen molar-refractivity contribution in [2.75, 3.05) is 0 Å². The number of benzene rings is 3. The molecule has 1 fully saturated rings. The Bertz CT molecular complexity index is 1170. The van der Waals surface area contributed by atoms with E-state index in [0.29, 0.717) is 30.6 Å². The van der Waals surface area contributed by atoms with Crippen LogP contribution in [0.15, 0.2) is 78.9 Å². The summed E-state index contributed by atoms with van der Waals surface area (Å²) >= 11 is 0. The van der Waals surface area contributed by atoms with E-state index in [0.717, 1.165) is 11.1 Å². The highest BCUT2D eigenvalue weighted by Gasteiger charge is 2.49. The fourth-order valence-corrected chi connectivity index (χ4v) is 4.44. The van der Waals surface area contributed by atoms with Crippen molar-refractivity contribution >= 4 is 12.1 Å². The summed E-state index contributed by atoms with van der Waals surface area (Å²) in [6, 6.07) is 22.3. The number of hydrogen-bond donors (Lipinski definition) is 1. The van der Waals surface area contributed by atoms with Crippen molar-refractivity contribution < 1.29 is 28.6 Å². The molecule has 1 N–H and O–H groups in total. The van der Waals surface area contributed by atoms with E-state index in [1.54, 1.807) is 37.3 Å². The Balaban J connectivity index is 1.52. The molecule has 7 heteroatoms. The number of ether oxygens (including phenoxy) is 2. The van der Waals surface area contributed by atoms with E-state index in [4.69, 9.17) is 9.47 Å². The van der Waals surface area contributed by atoms with E-state index in [9.17, 15) is 19.1 Å². The molecule has 2 atom stereocenters. The van der Waals surface area contributed by atoms with Gasteiger partial charge >= 0.3 is 12.1 Å². The molecule has 0 unspecified atom stereocenters. The average Bonchev–Trinajstić information content (AvgIpc) is 2.87. The van der Waals surface area contributed by atoms with E-state index in [-0.39, 0.29) is 19.0 Å². The van der Waals surface area contributed by atoms with Crippen molar-refractivity contribution in [1.82, 2.24) is 4.90 Å². The minimum absolute atomic E-state index is 0.0570. The van der Waals surface area contributed by atoms with E-state index >= 15 is 0 Å². The molecule has 182 valence electrons. The Hall–Kier alpha value is -3.87. The number of likely N-dealkylation sites (tertiary alicyclic amines) is 1. The predicted molar refractivity (Wildman–Crippen MR) is 128 cm³/mol. The number of hydrogen-bond acceptors (Lipinski definition) is 4. The summed E-state index contributed by atoms with van der Waals surface area (Å²) in [5.74, 6) is -0.848. The summed E-state index contributed by atoms with van der Waals surface area (Å²) in [7, 11) is 0. The van der Waals surface area contributed by atoms with Gasteiger partial charge in [0.05, 0.1) is 6.04 Å². The van der Waals surface area contributed by atoms with Crippen LogP contribution < -0.4 is 4.74 Å². The van der Waals surface area contributed by atoms with Crippen molar-refractivity contribution in [3.8, 4) is 5.75 Å². The maximum absolute atomic E-state index is 13.8. The second kappa shape index (κ2) is 10.6. The summed E-state index contributed by atoms with van der Waals surface area (Å²) in [5, 5.41) is 10.0. The van der Waals surface area contributed by atoms with Crippen LogP contribution in [0.25, 0.3) is 0 Å². The van der Waals surface area contributed by atoms with E-state index in [1.165, 1.54) is 11.0 Å². The predicted octanol–water partition coefficient (Wildman–Crippen LogP) is 6.11. The Morgan fingerprint density at radius 3 is 2.37 bits per heavy atom. The number of carboxylic acid groups (broad SMARTS) is 1. The molecule has 3 aromatic carbocycles. The lowest BCUT2D eigenvalue weighted by molar-refractivity contribution is -0.154. The lowest BCUT2D eigenvalue weighted by Gasteiger charge is -2.46. The largest absolute Gasteiger partial charge is 0.489 e. The second-order valence-electron chi connectivity index (χ2n) is 8.85. The number of amides is 1. The summed E-state index contributed by atoms with van der Waals surface area (Å²) < 4.78 is 25.1. The molecule has 0 radical (unpaired) electrons. The van der Waals surface area contributed by atoms with Gasteiger partial charge in [-0.05, 0) is 55.5 Å². The minimum atomic E-state index is -1.39. The van der Waals surface area contributed by atoms with Crippen LogP contribution in [0.3, 0.4) is 0 Å². The van der Waals surface area contributed by atoms with Gasteiger partial charge in [0.15, 0.2) is 0 Å². The third-order valence-corrected chi connectivity index (χ3v) is 6.46. The number of nitrogens with zero attached hydrogens (tertiary/aromatic N) is 1. The third kappa shape index (κ3) is 5.45. The molecule has 1 aliphatic heterocycles. The molecule has 1 heterocycles. The van der Waals surface area contributed by atoms with Crippen LogP contribution in [0, 0.1) is 5.82 Å². The number of aliphatic carboxylic acids is 1. The molecule has 4 rings (SSSR count). The smallest absolute Gasteiger partial charge is 0.411 e. The molecular formula is C28H28FNO5. The average molecular weight is 478 g/mol. The highest BCUT2D eigenvalue weighted by atomic mass is 19.1. The van der Waals surface area contributed by atoms with Crippen LogP contribution in [0.1, 0.15) is 48.9 Å². The maximum atomic E-state index is 13.8. The first kappa shape index (κ1) is 24.3. The molecule has 1 amide bonds. The first-order valence-electron chi connectivity index (χ1n) is 11.6. The maximum Gasteiger partial charge on any atom is 0.411 e. The molecular weight excluding hydrogens is 449 g/mol. The molecule has 35 heavy (non-hydrogen) atoms. The van der Waals surface area contributed by atoms with Gasteiger partial charge in [-0.25, -0.2) is 14.0 Å². The Morgan fingerprint density at radius 2 is 1.69 bits per heavy atom. The monoisotopic (exact) mass is 477 g/mol. The van der Waals surface area contributed by atoms with Gasteiger partial charge in [-0.2, -0.15) is 0 Å². The lowest BCUT2D eigenvalue weighted by Crippen LogP contribution is -2.58. The van der Waals surface area contributed by atoms with Crippen LogP contribution in [-0.2, 0) is 22.7 Å². The minimum Gasteiger partial charge on any atom is -0.489 e. The van der Waals surface area contributed by atoms with Crippen molar-refractivity contribution in [3.05, 3.63) is 101 Å². The Kier molecular flexibility index (Phi) is 7.34. The number of carbonyl (C=O) groups excluding carboxylic acids is 1. The zero-order valence-electron chi connectivity index (χ0n) is 19.5. The highest BCUT2D eigenvalue weighted by Crippen LogP contribution is 2.41. The summed E-state index contributed by atoms with van der Waals surface area (Å²) in [5.41, 5.74) is 0.666. The van der Waals surface area contributed by atoms with Crippen molar-refractivity contribution in [2.24, 2.45) is 0 Å². The molecule has 6 nitrogen and oxygen atoms in total. The Morgan fingerprint density at radius 1 is 1.00 bits per heavy atom. The van der Waals surface area contributed by atoms with Crippen molar-refractivity contribution in [1.29, 1.82) is 0 Å².